The quantitative estimate of drug-likeness (QED) is 0.889. The maximum atomic E-state index is 12.2. The van der Waals surface area contributed by atoms with Gasteiger partial charge in [0.25, 0.3) is 0 Å². The second-order valence-electron chi connectivity index (χ2n) is 4.88. The molecule has 18 heavy (non-hydrogen) atoms. The molecular weight excluding hydrogens is 248 g/mol. The van der Waals surface area contributed by atoms with Crippen molar-refractivity contribution in [2.75, 3.05) is 0 Å². The molecule has 0 saturated carbocycles. The molecule has 0 bridgehead atoms. The molecule has 98 valence electrons. The lowest BCUT2D eigenvalue weighted by molar-refractivity contribution is 0.418. The minimum Gasteiger partial charge on any atom is -0.207 e. The second kappa shape index (κ2) is 5.51. The molecule has 0 aromatic heterocycles. The minimum absolute atomic E-state index is 0.130. The van der Waals surface area contributed by atoms with Gasteiger partial charge in [-0.2, -0.15) is 5.26 Å². The van der Waals surface area contributed by atoms with Crippen molar-refractivity contribution in [3.8, 4) is 6.07 Å². The Bertz CT molecular complexity index is 557. The summed E-state index contributed by atoms with van der Waals surface area (Å²) in [6.07, 6.45) is 1.65. The van der Waals surface area contributed by atoms with Crippen LogP contribution in [0.2, 0.25) is 0 Å². The fourth-order valence-corrected chi connectivity index (χ4v) is 3.32. The Morgan fingerprint density at radius 2 is 2.06 bits per heavy atom. The van der Waals surface area contributed by atoms with Crippen LogP contribution in [0.5, 0.6) is 0 Å². The molecule has 0 radical (unpaired) electrons. The van der Waals surface area contributed by atoms with E-state index in [0.29, 0.717) is 5.56 Å². The van der Waals surface area contributed by atoms with Gasteiger partial charge in [-0.25, -0.2) is 13.1 Å². The van der Waals surface area contributed by atoms with Crippen molar-refractivity contribution in [1.82, 2.24) is 4.72 Å². The summed E-state index contributed by atoms with van der Waals surface area (Å²) in [7, 11) is -3.57. The van der Waals surface area contributed by atoms with Crippen LogP contribution in [0.25, 0.3) is 0 Å². The highest BCUT2D eigenvalue weighted by Gasteiger charge is 2.25. The van der Waals surface area contributed by atoms with Crippen molar-refractivity contribution in [3.05, 3.63) is 29.8 Å². The van der Waals surface area contributed by atoms with E-state index in [1.165, 1.54) is 12.1 Å². The monoisotopic (exact) mass is 266 g/mol. The first kappa shape index (κ1) is 14.7. The number of nitrogens with one attached hydrogen (secondary N) is 1. The van der Waals surface area contributed by atoms with Crippen LogP contribution in [0.15, 0.2) is 29.2 Å². The van der Waals surface area contributed by atoms with Gasteiger partial charge in [0, 0.05) is 5.54 Å². The summed E-state index contributed by atoms with van der Waals surface area (Å²) in [5, 5.41) is 8.78. The molecule has 0 atom stereocenters. The lowest BCUT2D eigenvalue weighted by Crippen LogP contribution is -2.43. The topological polar surface area (TPSA) is 70.0 Å². The number of hydrogen-bond acceptors (Lipinski definition) is 3. The van der Waals surface area contributed by atoms with Crippen molar-refractivity contribution in [2.45, 2.75) is 44.0 Å². The summed E-state index contributed by atoms with van der Waals surface area (Å²) >= 11 is 0. The minimum atomic E-state index is -3.57. The average molecular weight is 266 g/mol. The molecule has 0 spiro atoms. The van der Waals surface area contributed by atoms with Crippen LogP contribution >= 0.6 is 0 Å². The number of hydrogen-bond donors (Lipinski definition) is 1. The van der Waals surface area contributed by atoms with Gasteiger partial charge in [-0.05, 0) is 38.5 Å². The van der Waals surface area contributed by atoms with Crippen LogP contribution in [-0.2, 0) is 10.0 Å². The van der Waals surface area contributed by atoms with E-state index in [2.05, 4.69) is 4.72 Å². The Hall–Kier alpha value is -1.38. The van der Waals surface area contributed by atoms with Gasteiger partial charge in [-0.1, -0.05) is 19.4 Å². The predicted octanol–water partition coefficient (Wildman–Crippen LogP) is 2.42. The van der Waals surface area contributed by atoms with Gasteiger partial charge in [-0.15, -0.1) is 0 Å². The van der Waals surface area contributed by atoms with Crippen molar-refractivity contribution < 1.29 is 8.42 Å². The summed E-state index contributed by atoms with van der Waals surface area (Å²) in [5.41, 5.74) is -0.151. The van der Waals surface area contributed by atoms with Crippen LogP contribution < -0.4 is 4.72 Å². The smallest absolute Gasteiger partial charge is 0.207 e. The zero-order valence-corrected chi connectivity index (χ0v) is 11.7. The summed E-state index contributed by atoms with van der Waals surface area (Å²) in [6.45, 7) is 5.71. The highest BCUT2D eigenvalue weighted by atomic mass is 32.2. The van der Waals surface area contributed by atoms with Crippen LogP contribution in [0.4, 0.5) is 0 Å². The first-order valence-electron chi connectivity index (χ1n) is 5.85. The van der Waals surface area contributed by atoms with E-state index in [-0.39, 0.29) is 4.90 Å². The molecule has 0 aliphatic heterocycles. The molecule has 4 nitrogen and oxygen atoms in total. The van der Waals surface area contributed by atoms with Gasteiger partial charge in [-0.3, -0.25) is 0 Å². The summed E-state index contributed by atoms with van der Waals surface area (Å²) < 4.78 is 27.0. The van der Waals surface area contributed by atoms with Crippen LogP contribution in [0.1, 0.15) is 39.2 Å². The third kappa shape index (κ3) is 3.83. The summed E-state index contributed by atoms with van der Waals surface area (Å²) in [6, 6.07) is 7.95. The maximum Gasteiger partial charge on any atom is 0.241 e. The van der Waals surface area contributed by atoms with Crippen LogP contribution in [-0.4, -0.2) is 14.0 Å². The van der Waals surface area contributed by atoms with Crippen molar-refractivity contribution in [2.24, 2.45) is 0 Å². The first-order chi connectivity index (χ1) is 8.30. The number of benzene rings is 1. The Balaban J connectivity index is 3.04. The Kier molecular flexibility index (Phi) is 4.49. The summed E-state index contributed by atoms with van der Waals surface area (Å²) in [5.74, 6) is 0. The van der Waals surface area contributed by atoms with Crippen molar-refractivity contribution in [3.63, 3.8) is 0 Å². The van der Waals surface area contributed by atoms with Crippen LogP contribution in [0.3, 0.4) is 0 Å². The van der Waals surface area contributed by atoms with Crippen molar-refractivity contribution >= 4 is 10.0 Å². The lowest BCUT2D eigenvalue weighted by Gasteiger charge is -2.25. The summed E-state index contributed by atoms with van der Waals surface area (Å²) in [4.78, 5) is 0.130. The van der Waals surface area contributed by atoms with Gasteiger partial charge in [0.05, 0.1) is 16.5 Å². The zero-order valence-electron chi connectivity index (χ0n) is 10.9. The highest BCUT2D eigenvalue weighted by Crippen LogP contribution is 2.17. The molecule has 0 fully saturated rings. The molecular formula is C13H18N2O2S. The molecule has 5 heteroatoms. The Morgan fingerprint density at radius 3 is 2.61 bits per heavy atom. The molecule has 0 aliphatic carbocycles. The lowest BCUT2D eigenvalue weighted by atomic mass is 10.0. The number of nitriles is 1. The van der Waals surface area contributed by atoms with Crippen LogP contribution in [0, 0.1) is 11.3 Å². The second-order valence-corrected chi connectivity index (χ2v) is 6.56. The SMILES string of the molecule is CCCC(C)(C)NS(=O)(=O)c1cccc(C#N)c1. The normalized spacial score (nSPS) is 12.1. The Morgan fingerprint density at radius 1 is 1.39 bits per heavy atom. The molecule has 0 amide bonds. The van der Waals surface area contributed by atoms with E-state index in [1.54, 1.807) is 12.1 Å². The largest absolute Gasteiger partial charge is 0.241 e. The van der Waals surface area contributed by atoms with Gasteiger partial charge in [0.2, 0.25) is 10.0 Å². The van der Waals surface area contributed by atoms with Gasteiger partial charge in [0.15, 0.2) is 0 Å². The van der Waals surface area contributed by atoms with Crippen molar-refractivity contribution in [1.29, 1.82) is 5.26 Å². The third-order valence-corrected chi connectivity index (χ3v) is 4.25. The van der Waals surface area contributed by atoms with E-state index >= 15 is 0 Å². The van der Waals surface area contributed by atoms with Gasteiger partial charge >= 0.3 is 0 Å². The van der Waals surface area contributed by atoms with E-state index < -0.39 is 15.6 Å². The van der Waals surface area contributed by atoms with Gasteiger partial charge in [0.1, 0.15) is 0 Å². The van der Waals surface area contributed by atoms with E-state index in [0.717, 1.165) is 12.8 Å². The highest BCUT2D eigenvalue weighted by molar-refractivity contribution is 7.89. The molecule has 0 aliphatic rings. The standard InChI is InChI=1S/C13H18N2O2S/c1-4-8-13(2,3)15-18(16,17)12-7-5-6-11(9-12)10-14/h5-7,9,15H,4,8H2,1-3H3. The molecule has 1 rings (SSSR count). The Labute approximate surface area is 109 Å². The number of sulfonamides is 1. The molecule has 0 unspecified atom stereocenters. The first-order valence-corrected chi connectivity index (χ1v) is 7.33. The molecule has 1 N–H and O–H groups in total. The fourth-order valence-electron chi connectivity index (χ4n) is 1.83. The third-order valence-electron chi connectivity index (χ3n) is 2.56. The zero-order chi connectivity index (χ0) is 13.8. The molecule has 1 aromatic rings. The fraction of sp³-hybridized carbons (Fsp3) is 0.462. The maximum absolute atomic E-state index is 12.2. The number of rotatable bonds is 5. The predicted molar refractivity (Wildman–Crippen MR) is 70.5 cm³/mol. The van der Waals surface area contributed by atoms with E-state index in [9.17, 15) is 8.42 Å². The molecule has 0 saturated heterocycles. The van der Waals surface area contributed by atoms with Gasteiger partial charge < -0.3 is 0 Å². The number of nitrogens with zero attached hydrogens (tertiary/aromatic N) is 1. The van der Waals surface area contributed by atoms with E-state index in [4.69, 9.17) is 5.26 Å². The molecule has 1 aromatic carbocycles. The molecule has 0 heterocycles. The van der Waals surface area contributed by atoms with E-state index in [1.807, 2.05) is 26.8 Å². The average Bonchev–Trinajstić information content (AvgIpc) is 2.27.